The maximum Gasteiger partial charge on any atom is 0.140 e. The zero-order valence-corrected chi connectivity index (χ0v) is 8.35. The minimum absolute atomic E-state index is 0.145. The van der Waals surface area contributed by atoms with Crippen LogP contribution in [0.4, 0.5) is 4.39 Å². The van der Waals surface area contributed by atoms with E-state index < -0.39 is 0 Å². The molecule has 2 rings (SSSR count). The van der Waals surface area contributed by atoms with Crippen LogP contribution in [0.1, 0.15) is 30.7 Å². The molecule has 14 heavy (non-hydrogen) atoms. The van der Waals surface area contributed by atoms with Gasteiger partial charge in [0.2, 0.25) is 0 Å². The lowest BCUT2D eigenvalue weighted by molar-refractivity contribution is -0.118. The van der Waals surface area contributed by atoms with Crippen LogP contribution in [0.25, 0.3) is 0 Å². The second-order valence-electron chi connectivity index (χ2n) is 3.58. The molecule has 1 saturated carbocycles. The summed E-state index contributed by atoms with van der Waals surface area (Å²) in [6.45, 7) is 0. The first kappa shape index (κ1) is 9.66. The standard InChI is InChI=1S/C11H10ClFO/c12-7-4-5-8(10(13)6-7)9-2-1-3-11(9)14/h4-6,9H,1-3H2. The van der Waals surface area contributed by atoms with E-state index in [0.29, 0.717) is 17.0 Å². The minimum Gasteiger partial charge on any atom is -0.299 e. The second-order valence-corrected chi connectivity index (χ2v) is 4.01. The lowest BCUT2D eigenvalue weighted by Gasteiger charge is -2.09. The van der Waals surface area contributed by atoms with Gasteiger partial charge in [-0.2, -0.15) is 0 Å². The van der Waals surface area contributed by atoms with Crippen LogP contribution in [0, 0.1) is 5.82 Å². The van der Waals surface area contributed by atoms with Crippen molar-refractivity contribution in [2.45, 2.75) is 25.2 Å². The predicted molar refractivity (Wildman–Crippen MR) is 53.0 cm³/mol. The van der Waals surface area contributed by atoms with Gasteiger partial charge in [-0.1, -0.05) is 17.7 Å². The summed E-state index contributed by atoms with van der Waals surface area (Å²) in [5, 5.41) is 0.372. The zero-order chi connectivity index (χ0) is 10.1. The van der Waals surface area contributed by atoms with Gasteiger partial charge in [-0.25, -0.2) is 4.39 Å². The summed E-state index contributed by atoms with van der Waals surface area (Å²) in [6, 6.07) is 4.51. The molecule has 0 amide bonds. The van der Waals surface area contributed by atoms with Crippen LogP contribution < -0.4 is 0 Å². The third-order valence-electron chi connectivity index (χ3n) is 2.64. The molecule has 0 radical (unpaired) electrons. The van der Waals surface area contributed by atoms with Gasteiger partial charge in [-0.05, 0) is 30.5 Å². The summed E-state index contributed by atoms with van der Waals surface area (Å²) in [5.41, 5.74) is 0.497. The fraction of sp³-hybridized carbons (Fsp3) is 0.364. The monoisotopic (exact) mass is 212 g/mol. The summed E-state index contributed by atoms with van der Waals surface area (Å²) >= 11 is 5.64. The van der Waals surface area contributed by atoms with Crippen molar-refractivity contribution in [3.63, 3.8) is 0 Å². The van der Waals surface area contributed by atoms with Crippen LogP contribution in [0.15, 0.2) is 18.2 Å². The average Bonchev–Trinajstić information content (AvgIpc) is 2.52. The fourth-order valence-corrected chi connectivity index (χ4v) is 2.09. The van der Waals surface area contributed by atoms with E-state index >= 15 is 0 Å². The number of ketones is 1. The van der Waals surface area contributed by atoms with Crippen molar-refractivity contribution in [2.24, 2.45) is 0 Å². The first-order valence-electron chi connectivity index (χ1n) is 4.66. The Labute approximate surface area is 86.9 Å². The van der Waals surface area contributed by atoms with Gasteiger partial charge in [-0.3, -0.25) is 4.79 Å². The Bertz CT molecular complexity index is 376. The summed E-state index contributed by atoms with van der Waals surface area (Å²) in [5.74, 6) is -0.462. The molecule has 0 aromatic heterocycles. The third-order valence-corrected chi connectivity index (χ3v) is 2.88. The molecule has 1 aromatic carbocycles. The quantitative estimate of drug-likeness (QED) is 0.698. The Morgan fingerprint density at radius 2 is 2.21 bits per heavy atom. The molecule has 3 heteroatoms. The highest BCUT2D eigenvalue weighted by Gasteiger charge is 2.27. The third kappa shape index (κ3) is 1.67. The number of benzene rings is 1. The highest BCUT2D eigenvalue weighted by molar-refractivity contribution is 6.30. The number of carbonyl (C=O) groups excluding carboxylic acids is 1. The molecule has 0 spiro atoms. The molecule has 1 nitrogen and oxygen atoms in total. The van der Waals surface area contributed by atoms with E-state index in [-0.39, 0.29) is 17.5 Å². The molecular formula is C11H10ClFO. The maximum atomic E-state index is 13.4. The lowest BCUT2D eigenvalue weighted by atomic mass is 9.96. The minimum atomic E-state index is -0.363. The zero-order valence-electron chi connectivity index (χ0n) is 7.59. The van der Waals surface area contributed by atoms with E-state index in [1.54, 1.807) is 12.1 Å². The highest BCUT2D eigenvalue weighted by Crippen LogP contribution is 2.33. The molecule has 1 aliphatic carbocycles. The van der Waals surface area contributed by atoms with E-state index in [1.807, 2.05) is 0 Å². The molecule has 0 bridgehead atoms. The van der Waals surface area contributed by atoms with E-state index in [9.17, 15) is 9.18 Å². The first-order chi connectivity index (χ1) is 6.68. The Balaban J connectivity index is 2.36. The summed E-state index contributed by atoms with van der Waals surface area (Å²) in [7, 11) is 0. The molecular weight excluding hydrogens is 203 g/mol. The number of rotatable bonds is 1. The molecule has 1 unspecified atom stereocenters. The Morgan fingerprint density at radius 1 is 1.43 bits per heavy atom. The van der Waals surface area contributed by atoms with E-state index in [4.69, 9.17) is 11.6 Å². The van der Waals surface area contributed by atoms with Gasteiger partial charge < -0.3 is 0 Å². The molecule has 1 aliphatic rings. The normalized spacial score (nSPS) is 21.6. The SMILES string of the molecule is O=C1CCCC1c1ccc(Cl)cc1F. The van der Waals surface area contributed by atoms with Crippen LogP contribution >= 0.6 is 11.6 Å². The van der Waals surface area contributed by atoms with Crippen LogP contribution in [0.2, 0.25) is 5.02 Å². The van der Waals surface area contributed by atoms with Gasteiger partial charge in [-0.15, -0.1) is 0 Å². The molecule has 0 aliphatic heterocycles. The van der Waals surface area contributed by atoms with Crippen molar-refractivity contribution in [1.82, 2.24) is 0 Å². The van der Waals surface area contributed by atoms with Crippen molar-refractivity contribution >= 4 is 17.4 Å². The molecule has 0 saturated heterocycles. The van der Waals surface area contributed by atoms with Gasteiger partial charge in [0.1, 0.15) is 11.6 Å². The smallest absolute Gasteiger partial charge is 0.140 e. The van der Waals surface area contributed by atoms with E-state index in [2.05, 4.69) is 0 Å². The van der Waals surface area contributed by atoms with Crippen LogP contribution in [0.3, 0.4) is 0 Å². The Hall–Kier alpha value is -0.890. The van der Waals surface area contributed by atoms with E-state index in [0.717, 1.165) is 12.8 Å². The van der Waals surface area contributed by atoms with Crippen LogP contribution in [-0.2, 0) is 4.79 Å². The van der Waals surface area contributed by atoms with Gasteiger partial charge >= 0.3 is 0 Å². The molecule has 1 atom stereocenters. The number of hydrogen-bond acceptors (Lipinski definition) is 1. The largest absolute Gasteiger partial charge is 0.299 e. The second kappa shape index (κ2) is 3.70. The van der Waals surface area contributed by atoms with Gasteiger partial charge in [0.15, 0.2) is 0 Å². The molecule has 1 fully saturated rings. The van der Waals surface area contributed by atoms with E-state index in [1.165, 1.54) is 6.07 Å². The summed E-state index contributed by atoms with van der Waals surface area (Å²) in [4.78, 5) is 11.4. The van der Waals surface area contributed by atoms with Gasteiger partial charge in [0, 0.05) is 17.4 Å². The Morgan fingerprint density at radius 3 is 2.79 bits per heavy atom. The van der Waals surface area contributed by atoms with Crippen LogP contribution in [0.5, 0.6) is 0 Å². The summed E-state index contributed by atoms with van der Waals surface area (Å²) < 4.78 is 13.4. The Kier molecular flexibility index (Phi) is 2.55. The number of Topliss-reactive ketones (excluding diaryl/α,β-unsaturated/α-hetero) is 1. The molecule has 1 aromatic rings. The maximum absolute atomic E-state index is 13.4. The number of hydrogen-bond donors (Lipinski definition) is 0. The topological polar surface area (TPSA) is 17.1 Å². The van der Waals surface area contributed by atoms with Crippen molar-refractivity contribution in [3.05, 3.63) is 34.6 Å². The molecule has 0 heterocycles. The number of halogens is 2. The van der Waals surface area contributed by atoms with Gasteiger partial charge in [0.05, 0.1) is 0 Å². The first-order valence-corrected chi connectivity index (χ1v) is 5.04. The number of carbonyl (C=O) groups is 1. The van der Waals surface area contributed by atoms with Crippen molar-refractivity contribution in [3.8, 4) is 0 Å². The average molecular weight is 213 g/mol. The lowest BCUT2D eigenvalue weighted by Crippen LogP contribution is -2.06. The van der Waals surface area contributed by atoms with Crippen LogP contribution in [-0.4, -0.2) is 5.78 Å². The highest BCUT2D eigenvalue weighted by atomic mass is 35.5. The summed E-state index contributed by atoms with van der Waals surface area (Å²) in [6.07, 6.45) is 2.20. The molecule has 74 valence electrons. The molecule has 0 N–H and O–H groups in total. The van der Waals surface area contributed by atoms with Crippen molar-refractivity contribution < 1.29 is 9.18 Å². The predicted octanol–water partition coefficient (Wildman–Crippen LogP) is 3.32. The van der Waals surface area contributed by atoms with Gasteiger partial charge in [0.25, 0.3) is 0 Å². The van der Waals surface area contributed by atoms with Crippen molar-refractivity contribution in [2.75, 3.05) is 0 Å². The van der Waals surface area contributed by atoms with Crippen molar-refractivity contribution in [1.29, 1.82) is 0 Å². The fourth-order valence-electron chi connectivity index (χ4n) is 1.93.